The van der Waals surface area contributed by atoms with Gasteiger partial charge in [-0.05, 0) is 38.0 Å². The van der Waals surface area contributed by atoms with Crippen LogP contribution in [-0.4, -0.2) is 52.1 Å². The van der Waals surface area contributed by atoms with Crippen molar-refractivity contribution in [3.05, 3.63) is 0 Å². The molecule has 0 saturated carbocycles. The zero-order chi connectivity index (χ0) is 17.9. The lowest BCUT2D eigenvalue weighted by Gasteiger charge is -2.15. The van der Waals surface area contributed by atoms with Crippen molar-refractivity contribution in [1.29, 1.82) is 0 Å². The van der Waals surface area contributed by atoms with Crippen molar-refractivity contribution < 1.29 is 34.2 Å². The first-order valence-electron chi connectivity index (χ1n) is 8.28. The number of carbonyl (C=O) groups is 4. The summed E-state index contributed by atoms with van der Waals surface area (Å²) in [6, 6.07) is 0. The van der Waals surface area contributed by atoms with E-state index in [-0.39, 0.29) is 44.2 Å². The monoisotopic (exact) mass is 343 g/mol. The molecule has 0 aromatic rings. The molecular formula is C16H25NO7. The van der Waals surface area contributed by atoms with Crippen LogP contribution in [0.4, 0.5) is 0 Å². The van der Waals surface area contributed by atoms with Crippen molar-refractivity contribution in [2.75, 3.05) is 13.2 Å². The van der Waals surface area contributed by atoms with E-state index in [9.17, 15) is 19.2 Å². The van der Waals surface area contributed by atoms with Gasteiger partial charge in [-0.15, -0.1) is 5.06 Å². The summed E-state index contributed by atoms with van der Waals surface area (Å²) in [6.45, 7) is 0.162. The van der Waals surface area contributed by atoms with Gasteiger partial charge in [0.2, 0.25) is 0 Å². The van der Waals surface area contributed by atoms with E-state index in [0.717, 1.165) is 12.8 Å². The fourth-order valence-electron chi connectivity index (χ4n) is 2.62. The Labute approximate surface area is 140 Å². The van der Waals surface area contributed by atoms with Crippen molar-refractivity contribution in [3.8, 4) is 0 Å². The van der Waals surface area contributed by atoms with Crippen LogP contribution >= 0.6 is 0 Å². The molecule has 0 aromatic heterocycles. The van der Waals surface area contributed by atoms with Gasteiger partial charge in [0.15, 0.2) is 0 Å². The molecule has 1 heterocycles. The topological polar surface area (TPSA) is 121 Å². The Morgan fingerprint density at radius 1 is 1.00 bits per heavy atom. The third-order valence-corrected chi connectivity index (χ3v) is 3.92. The van der Waals surface area contributed by atoms with Gasteiger partial charge in [-0.25, -0.2) is 4.79 Å². The molecule has 0 bridgehead atoms. The number of amides is 2. The number of carbonyl (C=O) groups excluding carboxylic acids is 4. The number of aliphatic hydroxyl groups excluding tert-OH is 2. The number of rotatable bonds is 12. The molecule has 1 unspecified atom stereocenters. The van der Waals surface area contributed by atoms with Gasteiger partial charge in [0.25, 0.3) is 11.8 Å². The van der Waals surface area contributed by atoms with Crippen LogP contribution in [0.25, 0.3) is 0 Å². The van der Waals surface area contributed by atoms with Crippen molar-refractivity contribution >= 4 is 23.6 Å². The zero-order valence-electron chi connectivity index (χ0n) is 13.7. The summed E-state index contributed by atoms with van der Waals surface area (Å²) >= 11 is 0. The summed E-state index contributed by atoms with van der Waals surface area (Å²) in [5, 5.41) is 18.3. The Bertz CT molecular complexity index is 447. The summed E-state index contributed by atoms with van der Waals surface area (Å²) in [6.07, 6.45) is 3.11. The third kappa shape index (κ3) is 7.18. The number of nitrogens with zero attached hydrogens (tertiary/aromatic N) is 1. The van der Waals surface area contributed by atoms with Crippen LogP contribution in [0, 0.1) is 5.92 Å². The lowest BCUT2D eigenvalue weighted by atomic mass is 9.93. The van der Waals surface area contributed by atoms with Crippen molar-refractivity contribution in [2.45, 2.75) is 57.8 Å². The Balaban J connectivity index is 2.26. The Morgan fingerprint density at radius 3 is 2.21 bits per heavy atom. The van der Waals surface area contributed by atoms with Gasteiger partial charge in [-0.3, -0.25) is 14.4 Å². The number of hydrogen-bond acceptors (Lipinski definition) is 7. The normalized spacial score (nSPS) is 15.7. The molecule has 1 aliphatic heterocycles. The largest absolute Gasteiger partial charge is 0.396 e. The van der Waals surface area contributed by atoms with E-state index in [1.807, 2.05) is 0 Å². The average Bonchev–Trinajstić information content (AvgIpc) is 2.84. The molecule has 8 nitrogen and oxygen atoms in total. The van der Waals surface area contributed by atoms with E-state index in [4.69, 9.17) is 10.2 Å². The molecule has 2 N–H and O–H groups in total. The molecular weight excluding hydrogens is 318 g/mol. The lowest BCUT2D eigenvalue weighted by Crippen LogP contribution is -2.32. The quantitative estimate of drug-likeness (QED) is 0.391. The number of hydroxylamine groups is 2. The predicted molar refractivity (Wildman–Crippen MR) is 82.2 cm³/mol. The van der Waals surface area contributed by atoms with Gasteiger partial charge in [-0.2, -0.15) is 0 Å². The highest BCUT2D eigenvalue weighted by molar-refractivity contribution is 6.02. The summed E-state index contributed by atoms with van der Waals surface area (Å²) in [4.78, 5) is 50.6. The minimum atomic E-state index is -0.907. The molecule has 24 heavy (non-hydrogen) atoms. The minimum absolute atomic E-state index is 0.0140. The first-order chi connectivity index (χ1) is 11.5. The second kappa shape index (κ2) is 10.9. The number of imide groups is 1. The molecule has 0 aliphatic carbocycles. The van der Waals surface area contributed by atoms with Crippen LogP contribution in [0.5, 0.6) is 0 Å². The van der Waals surface area contributed by atoms with E-state index >= 15 is 0 Å². The van der Waals surface area contributed by atoms with E-state index < -0.39 is 24.2 Å². The van der Waals surface area contributed by atoms with E-state index in [2.05, 4.69) is 4.84 Å². The number of hydrogen-bond donors (Lipinski definition) is 2. The molecule has 1 aliphatic rings. The average molecular weight is 343 g/mol. The number of aliphatic hydroxyl groups is 2. The fourth-order valence-corrected chi connectivity index (χ4v) is 2.62. The predicted octanol–water partition coefficient (Wildman–Crippen LogP) is 0.494. The van der Waals surface area contributed by atoms with Crippen LogP contribution in [0.3, 0.4) is 0 Å². The molecule has 0 spiro atoms. The Morgan fingerprint density at radius 2 is 1.62 bits per heavy atom. The van der Waals surface area contributed by atoms with Gasteiger partial charge < -0.3 is 15.1 Å². The van der Waals surface area contributed by atoms with Crippen LogP contribution in [0.15, 0.2) is 0 Å². The third-order valence-electron chi connectivity index (χ3n) is 3.92. The summed E-state index contributed by atoms with van der Waals surface area (Å²) < 4.78 is 0. The van der Waals surface area contributed by atoms with Crippen LogP contribution in [0.2, 0.25) is 0 Å². The smallest absolute Gasteiger partial charge is 0.340 e. The Hall–Kier alpha value is -1.80. The highest BCUT2D eigenvalue weighted by Gasteiger charge is 2.33. The molecule has 136 valence electrons. The van der Waals surface area contributed by atoms with Gasteiger partial charge in [-0.1, -0.05) is 0 Å². The molecule has 2 amide bonds. The Kier molecular flexibility index (Phi) is 9.18. The summed E-state index contributed by atoms with van der Waals surface area (Å²) in [5.74, 6) is -2.13. The number of Topliss-reactive ketones (excluding diaryl/α,β-unsaturated/α-hetero) is 1. The van der Waals surface area contributed by atoms with E-state index in [0.29, 0.717) is 24.3 Å². The zero-order valence-corrected chi connectivity index (χ0v) is 13.7. The first kappa shape index (κ1) is 20.2. The minimum Gasteiger partial charge on any atom is -0.396 e. The standard InChI is InChI=1S/C16H25NO7/c18-9-2-4-12(8-10-19)3-1-5-13(20)11-16(23)24-17-14(21)6-7-15(17)22/h12,18-19H,1-11H2. The highest BCUT2D eigenvalue weighted by atomic mass is 16.7. The maximum Gasteiger partial charge on any atom is 0.340 e. The molecule has 1 atom stereocenters. The number of ketones is 1. The van der Waals surface area contributed by atoms with Crippen LogP contribution in [0.1, 0.15) is 57.8 Å². The van der Waals surface area contributed by atoms with E-state index in [1.165, 1.54) is 0 Å². The fraction of sp³-hybridized carbons (Fsp3) is 0.750. The lowest BCUT2D eigenvalue weighted by molar-refractivity contribution is -0.197. The van der Waals surface area contributed by atoms with Crippen molar-refractivity contribution in [1.82, 2.24) is 5.06 Å². The molecule has 1 rings (SSSR count). The highest BCUT2D eigenvalue weighted by Crippen LogP contribution is 2.19. The van der Waals surface area contributed by atoms with Crippen molar-refractivity contribution in [2.24, 2.45) is 5.92 Å². The molecule has 1 saturated heterocycles. The maximum atomic E-state index is 11.8. The van der Waals surface area contributed by atoms with Gasteiger partial charge in [0.1, 0.15) is 12.2 Å². The van der Waals surface area contributed by atoms with Crippen molar-refractivity contribution in [3.63, 3.8) is 0 Å². The molecule has 0 radical (unpaired) electrons. The summed E-state index contributed by atoms with van der Waals surface area (Å²) in [5.41, 5.74) is 0. The molecule has 8 heteroatoms. The maximum absolute atomic E-state index is 11.8. The van der Waals surface area contributed by atoms with Gasteiger partial charge in [0.05, 0.1) is 0 Å². The molecule has 1 fully saturated rings. The van der Waals surface area contributed by atoms with Gasteiger partial charge in [0, 0.05) is 32.5 Å². The first-order valence-corrected chi connectivity index (χ1v) is 8.28. The molecule has 0 aromatic carbocycles. The SMILES string of the molecule is O=C(CCCC(CCO)CCCO)CC(=O)ON1C(=O)CCC1=O. The summed E-state index contributed by atoms with van der Waals surface area (Å²) in [7, 11) is 0. The second-order valence-electron chi connectivity index (χ2n) is 5.90. The van der Waals surface area contributed by atoms with Gasteiger partial charge >= 0.3 is 5.97 Å². The van der Waals surface area contributed by atoms with Crippen LogP contribution < -0.4 is 0 Å². The van der Waals surface area contributed by atoms with E-state index in [1.54, 1.807) is 0 Å². The van der Waals surface area contributed by atoms with Crippen LogP contribution in [-0.2, 0) is 24.0 Å². The second-order valence-corrected chi connectivity index (χ2v) is 5.90.